The van der Waals surface area contributed by atoms with Gasteiger partial charge >= 0.3 is 0 Å². The average Bonchev–Trinajstić information content (AvgIpc) is 2.88. The molecule has 90 valence electrons. The summed E-state index contributed by atoms with van der Waals surface area (Å²) in [6.07, 6.45) is 3.26. The highest BCUT2D eigenvalue weighted by Crippen LogP contribution is 2.40. The van der Waals surface area contributed by atoms with E-state index in [0.29, 0.717) is 0 Å². The average molecular weight is 243 g/mol. The zero-order valence-corrected chi connectivity index (χ0v) is 9.18. The third kappa shape index (κ3) is 1.53. The highest BCUT2D eigenvalue weighted by Gasteiger charge is 2.31. The molecule has 1 aromatic carbocycles. The van der Waals surface area contributed by atoms with Crippen LogP contribution >= 0.6 is 0 Å². The molecule has 0 fully saturated rings. The van der Waals surface area contributed by atoms with Crippen molar-refractivity contribution in [3.05, 3.63) is 47.5 Å². The lowest BCUT2D eigenvalue weighted by molar-refractivity contribution is 0.101. The second kappa shape index (κ2) is 3.66. The molecule has 18 heavy (non-hydrogen) atoms. The number of nitrogens with one attached hydrogen (secondary N) is 1. The van der Waals surface area contributed by atoms with Crippen LogP contribution in [0.3, 0.4) is 0 Å². The summed E-state index contributed by atoms with van der Waals surface area (Å²) in [5, 5.41) is 19.0. The van der Waals surface area contributed by atoms with Crippen LogP contribution in [-0.4, -0.2) is 21.0 Å². The fourth-order valence-electron chi connectivity index (χ4n) is 1.85. The summed E-state index contributed by atoms with van der Waals surface area (Å²) < 4.78 is 5.33. The SMILES string of the molecule is O=C1C(=Cc2ccc[nH]2)Oc2cc(O)cc(O)c21. The number of rotatable bonds is 1. The molecule has 0 saturated heterocycles. The van der Waals surface area contributed by atoms with Crippen LogP contribution in [0.4, 0.5) is 0 Å². The molecular weight excluding hydrogens is 234 g/mol. The summed E-state index contributed by atoms with van der Waals surface area (Å²) in [4.78, 5) is 14.9. The Balaban J connectivity index is 2.07. The number of Topliss-reactive ketones (excluding diaryl/α,β-unsaturated/α-hetero) is 1. The first-order chi connectivity index (χ1) is 8.65. The molecule has 5 nitrogen and oxygen atoms in total. The van der Waals surface area contributed by atoms with E-state index in [1.165, 1.54) is 6.07 Å². The number of carbonyl (C=O) groups excluding carboxylic acids is 1. The number of allylic oxidation sites excluding steroid dienone is 1. The lowest BCUT2D eigenvalue weighted by Crippen LogP contribution is -1.98. The van der Waals surface area contributed by atoms with Gasteiger partial charge in [0.25, 0.3) is 0 Å². The van der Waals surface area contributed by atoms with E-state index in [2.05, 4.69) is 4.98 Å². The maximum atomic E-state index is 12.0. The van der Waals surface area contributed by atoms with Gasteiger partial charge in [-0.1, -0.05) is 0 Å². The van der Waals surface area contributed by atoms with Crippen LogP contribution in [0, 0.1) is 0 Å². The highest BCUT2D eigenvalue weighted by atomic mass is 16.5. The first-order valence-corrected chi connectivity index (χ1v) is 5.29. The first kappa shape index (κ1) is 10.5. The molecule has 0 radical (unpaired) electrons. The van der Waals surface area contributed by atoms with Crippen LogP contribution < -0.4 is 4.74 Å². The molecular formula is C13H9NO4. The third-order valence-electron chi connectivity index (χ3n) is 2.65. The zero-order chi connectivity index (χ0) is 12.7. The van der Waals surface area contributed by atoms with E-state index in [0.717, 1.165) is 11.8 Å². The van der Waals surface area contributed by atoms with Gasteiger partial charge in [-0.2, -0.15) is 0 Å². The number of aromatic amines is 1. The minimum absolute atomic E-state index is 0.0746. The third-order valence-corrected chi connectivity index (χ3v) is 2.65. The number of phenolic OH excluding ortho intramolecular Hbond substituents is 2. The number of hydrogen-bond donors (Lipinski definition) is 3. The quantitative estimate of drug-likeness (QED) is 0.669. The number of ether oxygens (including phenoxy) is 1. The van der Waals surface area contributed by atoms with Crippen LogP contribution in [0.25, 0.3) is 6.08 Å². The van der Waals surface area contributed by atoms with Crippen molar-refractivity contribution in [3.8, 4) is 17.2 Å². The van der Waals surface area contributed by atoms with Crippen molar-refractivity contribution in [1.29, 1.82) is 0 Å². The van der Waals surface area contributed by atoms with Gasteiger partial charge < -0.3 is 19.9 Å². The number of aromatic hydroxyl groups is 2. The van der Waals surface area contributed by atoms with Gasteiger partial charge in [-0.15, -0.1) is 0 Å². The Morgan fingerprint density at radius 1 is 1.28 bits per heavy atom. The molecule has 1 aliphatic heterocycles. The molecule has 0 aliphatic carbocycles. The summed E-state index contributed by atoms with van der Waals surface area (Å²) in [6, 6.07) is 5.98. The van der Waals surface area contributed by atoms with Gasteiger partial charge in [0.05, 0.1) is 0 Å². The second-order valence-electron chi connectivity index (χ2n) is 3.90. The molecule has 3 rings (SSSR count). The van der Waals surface area contributed by atoms with Crippen molar-refractivity contribution in [1.82, 2.24) is 4.98 Å². The fraction of sp³-hybridized carbons (Fsp3) is 0. The molecule has 0 bridgehead atoms. The van der Waals surface area contributed by atoms with E-state index in [1.807, 2.05) is 0 Å². The van der Waals surface area contributed by atoms with E-state index >= 15 is 0 Å². The van der Waals surface area contributed by atoms with E-state index in [-0.39, 0.29) is 28.6 Å². The van der Waals surface area contributed by atoms with Gasteiger partial charge in [0.2, 0.25) is 5.78 Å². The lowest BCUT2D eigenvalue weighted by Gasteiger charge is -1.99. The Kier molecular flexibility index (Phi) is 2.13. The minimum atomic E-state index is -0.405. The Morgan fingerprint density at radius 2 is 2.11 bits per heavy atom. The van der Waals surface area contributed by atoms with Crippen LogP contribution in [0.2, 0.25) is 0 Å². The maximum Gasteiger partial charge on any atom is 0.235 e. The van der Waals surface area contributed by atoms with Crippen LogP contribution in [0.5, 0.6) is 17.2 Å². The van der Waals surface area contributed by atoms with Gasteiger partial charge in [0.15, 0.2) is 5.76 Å². The number of ketones is 1. The zero-order valence-electron chi connectivity index (χ0n) is 9.18. The van der Waals surface area contributed by atoms with E-state index in [9.17, 15) is 15.0 Å². The standard InChI is InChI=1S/C13H9NO4/c15-8-5-9(16)12-10(6-8)18-11(13(12)17)4-7-2-1-3-14-7/h1-6,14-16H. The molecule has 5 heteroatoms. The van der Waals surface area contributed by atoms with Crippen molar-refractivity contribution in [2.24, 2.45) is 0 Å². The number of carbonyl (C=O) groups is 1. The number of benzene rings is 1. The van der Waals surface area contributed by atoms with Gasteiger partial charge in [0, 0.05) is 30.1 Å². The van der Waals surface area contributed by atoms with E-state index in [4.69, 9.17) is 4.74 Å². The predicted molar refractivity (Wildman–Crippen MR) is 63.5 cm³/mol. The number of fused-ring (bicyclic) bond motifs is 1. The van der Waals surface area contributed by atoms with Gasteiger partial charge in [-0.05, 0) is 12.1 Å². The summed E-state index contributed by atoms with van der Waals surface area (Å²) in [5.41, 5.74) is 0.792. The van der Waals surface area contributed by atoms with Crippen molar-refractivity contribution < 1.29 is 19.7 Å². The van der Waals surface area contributed by atoms with Crippen LogP contribution in [0.1, 0.15) is 16.1 Å². The van der Waals surface area contributed by atoms with Crippen molar-refractivity contribution in [2.75, 3.05) is 0 Å². The molecule has 2 aromatic rings. The monoisotopic (exact) mass is 243 g/mol. The van der Waals surface area contributed by atoms with E-state index < -0.39 is 5.78 Å². The molecule has 1 aliphatic rings. The molecule has 0 spiro atoms. The molecule has 0 amide bonds. The Hall–Kier alpha value is -2.69. The molecule has 2 heterocycles. The summed E-state index contributed by atoms with van der Waals surface area (Å²) in [7, 11) is 0. The topological polar surface area (TPSA) is 82.6 Å². The molecule has 3 N–H and O–H groups in total. The Labute approximate surface area is 102 Å². The molecule has 1 aromatic heterocycles. The maximum absolute atomic E-state index is 12.0. The van der Waals surface area contributed by atoms with Crippen molar-refractivity contribution in [2.45, 2.75) is 0 Å². The molecule has 0 unspecified atom stereocenters. The largest absolute Gasteiger partial charge is 0.508 e. The summed E-state index contributed by atoms with van der Waals surface area (Å²) in [6.45, 7) is 0. The summed E-state index contributed by atoms with van der Waals surface area (Å²) in [5.74, 6) is -0.578. The van der Waals surface area contributed by atoms with Crippen LogP contribution in [0.15, 0.2) is 36.2 Å². The van der Waals surface area contributed by atoms with Gasteiger partial charge in [0.1, 0.15) is 22.8 Å². The number of hydrogen-bond acceptors (Lipinski definition) is 4. The highest BCUT2D eigenvalue weighted by molar-refractivity contribution is 6.16. The number of aromatic nitrogens is 1. The number of phenols is 2. The molecule has 0 atom stereocenters. The van der Waals surface area contributed by atoms with Crippen molar-refractivity contribution >= 4 is 11.9 Å². The first-order valence-electron chi connectivity index (χ1n) is 5.29. The van der Waals surface area contributed by atoms with Gasteiger partial charge in [-0.3, -0.25) is 4.79 Å². The Bertz CT molecular complexity index is 656. The van der Waals surface area contributed by atoms with Gasteiger partial charge in [-0.25, -0.2) is 0 Å². The lowest BCUT2D eigenvalue weighted by atomic mass is 10.1. The smallest absolute Gasteiger partial charge is 0.235 e. The predicted octanol–water partition coefficient (Wildman–Crippen LogP) is 2.04. The number of H-pyrrole nitrogens is 1. The normalized spacial score (nSPS) is 15.8. The minimum Gasteiger partial charge on any atom is -0.508 e. The second-order valence-corrected chi connectivity index (χ2v) is 3.90. The van der Waals surface area contributed by atoms with Crippen molar-refractivity contribution in [3.63, 3.8) is 0 Å². The molecule has 0 saturated carbocycles. The fourth-order valence-corrected chi connectivity index (χ4v) is 1.85. The summed E-state index contributed by atoms with van der Waals surface area (Å²) >= 11 is 0. The van der Waals surface area contributed by atoms with E-state index in [1.54, 1.807) is 24.4 Å². The Morgan fingerprint density at radius 3 is 2.83 bits per heavy atom. The van der Waals surface area contributed by atoms with Crippen LogP contribution in [-0.2, 0) is 0 Å².